The minimum atomic E-state index is -0.103. The number of para-hydroxylation sites is 1. The Morgan fingerprint density at radius 3 is 2.67 bits per heavy atom. The zero-order chi connectivity index (χ0) is 14.7. The van der Waals surface area contributed by atoms with E-state index in [0.29, 0.717) is 5.56 Å². The SMILES string of the molecule is CCc1ccnc2ccc(C(=O)Nc3ccccc3)cc12. The highest BCUT2D eigenvalue weighted by Gasteiger charge is 2.08. The molecule has 3 aromatic rings. The van der Waals surface area contributed by atoms with Crippen molar-refractivity contribution in [1.29, 1.82) is 0 Å². The highest BCUT2D eigenvalue weighted by molar-refractivity contribution is 6.06. The summed E-state index contributed by atoms with van der Waals surface area (Å²) in [6.45, 7) is 2.10. The molecule has 1 heterocycles. The van der Waals surface area contributed by atoms with Crippen LogP contribution in [0.5, 0.6) is 0 Å². The fourth-order valence-electron chi connectivity index (χ4n) is 2.38. The van der Waals surface area contributed by atoms with Gasteiger partial charge in [0.15, 0.2) is 0 Å². The Morgan fingerprint density at radius 2 is 1.90 bits per heavy atom. The maximum atomic E-state index is 12.3. The van der Waals surface area contributed by atoms with E-state index in [1.54, 1.807) is 0 Å². The van der Waals surface area contributed by atoms with Crippen molar-refractivity contribution in [1.82, 2.24) is 4.98 Å². The zero-order valence-corrected chi connectivity index (χ0v) is 11.8. The number of nitrogens with one attached hydrogen (secondary N) is 1. The first-order valence-electron chi connectivity index (χ1n) is 7.02. The molecular formula is C18H16N2O. The molecule has 0 saturated carbocycles. The quantitative estimate of drug-likeness (QED) is 0.784. The van der Waals surface area contributed by atoms with E-state index in [1.807, 2.05) is 60.8 Å². The largest absolute Gasteiger partial charge is 0.322 e. The molecule has 3 nitrogen and oxygen atoms in total. The second-order valence-electron chi connectivity index (χ2n) is 4.88. The first-order chi connectivity index (χ1) is 10.3. The van der Waals surface area contributed by atoms with Crippen molar-refractivity contribution < 1.29 is 4.79 Å². The molecule has 0 bridgehead atoms. The summed E-state index contributed by atoms with van der Waals surface area (Å²) in [4.78, 5) is 16.7. The second-order valence-corrected chi connectivity index (χ2v) is 4.88. The third kappa shape index (κ3) is 2.77. The van der Waals surface area contributed by atoms with Crippen LogP contribution in [0.2, 0.25) is 0 Å². The number of carbonyl (C=O) groups excluding carboxylic acids is 1. The van der Waals surface area contributed by atoms with Gasteiger partial charge in [0.25, 0.3) is 5.91 Å². The van der Waals surface area contributed by atoms with Crippen molar-refractivity contribution in [2.75, 3.05) is 5.32 Å². The van der Waals surface area contributed by atoms with Crippen LogP contribution in [0.4, 0.5) is 5.69 Å². The molecule has 21 heavy (non-hydrogen) atoms. The number of hydrogen-bond donors (Lipinski definition) is 1. The van der Waals surface area contributed by atoms with Gasteiger partial charge in [0.2, 0.25) is 0 Å². The lowest BCUT2D eigenvalue weighted by Crippen LogP contribution is -2.11. The van der Waals surface area contributed by atoms with Crippen LogP contribution in [0.25, 0.3) is 10.9 Å². The Labute approximate surface area is 123 Å². The molecule has 1 N–H and O–H groups in total. The molecule has 1 amide bonds. The van der Waals surface area contributed by atoms with E-state index < -0.39 is 0 Å². The smallest absolute Gasteiger partial charge is 0.255 e. The van der Waals surface area contributed by atoms with E-state index in [2.05, 4.69) is 17.2 Å². The van der Waals surface area contributed by atoms with Gasteiger partial charge in [0.05, 0.1) is 5.52 Å². The van der Waals surface area contributed by atoms with Crippen LogP contribution in [-0.4, -0.2) is 10.9 Å². The number of fused-ring (bicyclic) bond motifs is 1. The molecule has 104 valence electrons. The first kappa shape index (κ1) is 13.3. The summed E-state index contributed by atoms with van der Waals surface area (Å²) in [7, 11) is 0. The summed E-state index contributed by atoms with van der Waals surface area (Å²) < 4.78 is 0. The van der Waals surface area contributed by atoms with Crippen molar-refractivity contribution in [3.05, 3.63) is 71.9 Å². The Kier molecular flexibility index (Phi) is 3.65. The van der Waals surface area contributed by atoms with Crippen molar-refractivity contribution in [3.8, 4) is 0 Å². The normalized spacial score (nSPS) is 10.5. The van der Waals surface area contributed by atoms with Crippen LogP contribution in [0.3, 0.4) is 0 Å². The van der Waals surface area contributed by atoms with Crippen molar-refractivity contribution in [2.24, 2.45) is 0 Å². The summed E-state index contributed by atoms with van der Waals surface area (Å²) >= 11 is 0. The standard InChI is InChI=1S/C18H16N2O/c1-2-13-10-11-19-17-9-8-14(12-16(13)17)18(21)20-15-6-4-3-5-7-15/h3-12H,2H2,1H3,(H,20,21). The number of nitrogens with zero attached hydrogens (tertiary/aromatic N) is 1. The van der Waals surface area contributed by atoms with E-state index >= 15 is 0 Å². The number of aryl methyl sites for hydroxylation is 1. The third-order valence-corrected chi connectivity index (χ3v) is 3.51. The summed E-state index contributed by atoms with van der Waals surface area (Å²) in [6.07, 6.45) is 2.73. The van der Waals surface area contributed by atoms with Crippen molar-refractivity contribution in [3.63, 3.8) is 0 Å². The molecule has 0 unspecified atom stereocenters. The molecular weight excluding hydrogens is 260 g/mol. The van der Waals surface area contributed by atoms with E-state index in [1.165, 1.54) is 5.56 Å². The number of pyridine rings is 1. The molecule has 0 atom stereocenters. The van der Waals surface area contributed by atoms with Crippen LogP contribution in [0, 0.1) is 0 Å². The van der Waals surface area contributed by atoms with Crippen molar-refractivity contribution >= 4 is 22.5 Å². The number of aromatic nitrogens is 1. The van der Waals surface area contributed by atoms with E-state index in [-0.39, 0.29) is 5.91 Å². The number of anilines is 1. The second kappa shape index (κ2) is 5.75. The van der Waals surface area contributed by atoms with Crippen LogP contribution >= 0.6 is 0 Å². The highest BCUT2D eigenvalue weighted by Crippen LogP contribution is 2.19. The van der Waals surface area contributed by atoms with Crippen molar-refractivity contribution in [2.45, 2.75) is 13.3 Å². The van der Waals surface area contributed by atoms with Gasteiger partial charge >= 0.3 is 0 Å². The molecule has 0 radical (unpaired) electrons. The van der Waals surface area contributed by atoms with Gasteiger partial charge in [-0.1, -0.05) is 25.1 Å². The number of rotatable bonds is 3. The van der Waals surface area contributed by atoms with Gasteiger partial charge in [0, 0.05) is 22.8 Å². The average Bonchev–Trinajstić information content (AvgIpc) is 2.54. The maximum Gasteiger partial charge on any atom is 0.255 e. The van der Waals surface area contributed by atoms with Gasteiger partial charge in [-0.2, -0.15) is 0 Å². The summed E-state index contributed by atoms with van der Waals surface area (Å²) in [5.41, 5.74) is 3.57. The lowest BCUT2D eigenvalue weighted by Gasteiger charge is -2.08. The van der Waals surface area contributed by atoms with E-state index in [4.69, 9.17) is 0 Å². The number of hydrogen-bond acceptors (Lipinski definition) is 2. The third-order valence-electron chi connectivity index (χ3n) is 3.51. The number of amides is 1. The zero-order valence-electron chi connectivity index (χ0n) is 11.8. The molecule has 0 fully saturated rings. The fraction of sp³-hybridized carbons (Fsp3) is 0.111. The Morgan fingerprint density at radius 1 is 1.10 bits per heavy atom. The molecule has 3 heteroatoms. The monoisotopic (exact) mass is 276 g/mol. The molecule has 2 aromatic carbocycles. The first-order valence-corrected chi connectivity index (χ1v) is 7.02. The van der Waals surface area contributed by atoms with Crippen LogP contribution in [0.15, 0.2) is 60.8 Å². The predicted octanol–water partition coefficient (Wildman–Crippen LogP) is 4.05. The van der Waals surface area contributed by atoms with Gasteiger partial charge in [0.1, 0.15) is 0 Å². The number of benzene rings is 2. The highest BCUT2D eigenvalue weighted by atomic mass is 16.1. The van der Waals surface area contributed by atoms with Gasteiger partial charge in [-0.25, -0.2) is 0 Å². The van der Waals surface area contributed by atoms with Crippen LogP contribution < -0.4 is 5.32 Å². The van der Waals surface area contributed by atoms with E-state index in [9.17, 15) is 4.79 Å². The van der Waals surface area contributed by atoms with Gasteiger partial charge in [-0.3, -0.25) is 9.78 Å². The maximum absolute atomic E-state index is 12.3. The van der Waals surface area contributed by atoms with Crippen LogP contribution in [-0.2, 0) is 6.42 Å². The molecule has 1 aromatic heterocycles. The predicted molar refractivity (Wildman–Crippen MR) is 85.5 cm³/mol. The topological polar surface area (TPSA) is 42.0 Å². The van der Waals surface area contributed by atoms with Gasteiger partial charge in [-0.05, 0) is 48.4 Å². The molecule has 0 saturated heterocycles. The summed E-state index contributed by atoms with van der Waals surface area (Å²) in [5.74, 6) is -0.103. The molecule has 0 spiro atoms. The Balaban J connectivity index is 1.95. The minimum Gasteiger partial charge on any atom is -0.322 e. The summed E-state index contributed by atoms with van der Waals surface area (Å²) in [6, 6.07) is 17.1. The Hall–Kier alpha value is -2.68. The molecule has 0 aliphatic heterocycles. The van der Waals surface area contributed by atoms with Gasteiger partial charge in [-0.15, -0.1) is 0 Å². The Bertz CT molecular complexity index is 782. The van der Waals surface area contributed by atoms with Gasteiger partial charge < -0.3 is 5.32 Å². The van der Waals surface area contributed by atoms with E-state index in [0.717, 1.165) is 23.0 Å². The fourth-order valence-corrected chi connectivity index (χ4v) is 2.38. The lowest BCUT2D eigenvalue weighted by molar-refractivity contribution is 0.102. The molecule has 3 rings (SSSR count). The summed E-state index contributed by atoms with van der Waals surface area (Å²) in [5, 5.41) is 3.94. The molecule has 0 aliphatic rings. The molecule has 0 aliphatic carbocycles. The lowest BCUT2D eigenvalue weighted by atomic mass is 10.0. The average molecular weight is 276 g/mol. The van der Waals surface area contributed by atoms with Crippen LogP contribution in [0.1, 0.15) is 22.8 Å². The minimum absolute atomic E-state index is 0.103. The number of carbonyl (C=O) groups is 1.